The first-order valence-corrected chi connectivity index (χ1v) is 7.40. The van der Waals surface area contributed by atoms with E-state index in [2.05, 4.69) is 16.7 Å². The summed E-state index contributed by atoms with van der Waals surface area (Å²) < 4.78 is 5.81. The van der Waals surface area contributed by atoms with Crippen molar-refractivity contribution in [3.05, 3.63) is 65.2 Å². The van der Waals surface area contributed by atoms with Crippen molar-refractivity contribution >= 4 is 11.9 Å². The molecule has 5 nitrogen and oxygen atoms in total. The van der Waals surface area contributed by atoms with E-state index in [9.17, 15) is 9.59 Å². The lowest BCUT2D eigenvalue weighted by molar-refractivity contribution is -0.123. The van der Waals surface area contributed by atoms with Gasteiger partial charge < -0.3 is 10.1 Å². The summed E-state index contributed by atoms with van der Waals surface area (Å²) in [5, 5.41) is 4.91. The van der Waals surface area contributed by atoms with Crippen LogP contribution in [0.4, 0.5) is 4.79 Å². The molecule has 1 aliphatic rings. The summed E-state index contributed by atoms with van der Waals surface area (Å²) >= 11 is 0. The number of rotatable bonds is 4. The van der Waals surface area contributed by atoms with Gasteiger partial charge in [0.25, 0.3) is 5.91 Å². The zero-order valence-electron chi connectivity index (χ0n) is 13.1. The predicted octanol–water partition coefficient (Wildman–Crippen LogP) is 2.63. The summed E-state index contributed by atoms with van der Waals surface area (Å²) in [5.74, 6) is 0.289. The number of aryl methyl sites for hydroxylation is 1. The number of imide groups is 1. The molecule has 0 aliphatic carbocycles. The molecule has 2 N–H and O–H groups in total. The Balaban J connectivity index is 1.78. The number of urea groups is 1. The first-order chi connectivity index (χ1) is 11.0. The highest BCUT2D eigenvalue weighted by Gasteiger charge is 2.43. The van der Waals surface area contributed by atoms with Gasteiger partial charge in [0, 0.05) is 0 Å². The summed E-state index contributed by atoms with van der Waals surface area (Å²) in [6.07, 6.45) is 0. The normalized spacial score (nSPS) is 20.1. The topological polar surface area (TPSA) is 67.4 Å². The zero-order chi connectivity index (χ0) is 16.4. The Morgan fingerprint density at radius 2 is 1.87 bits per heavy atom. The average Bonchev–Trinajstić information content (AvgIpc) is 2.79. The summed E-state index contributed by atoms with van der Waals surface area (Å²) in [5.41, 5.74) is 1.87. The standard InChI is InChI=1S/C18H18N2O3/c1-12-5-3-6-13(9-12)11-23-15-8-4-7-14(10-15)18(2)16(21)19-17(22)20-18/h3-10H,11H2,1-2H3,(H2,19,20,21,22). The van der Waals surface area contributed by atoms with Crippen LogP contribution in [-0.4, -0.2) is 11.9 Å². The Hall–Kier alpha value is -2.82. The maximum atomic E-state index is 12.0. The number of amides is 3. The number of ether oxygens (including phenoxy) is 1. The van der Waals surface area contributed by atoms with Crippen LogP contribution in [0.25, 0.3) is 0 Å². The maximum absolute atomic E-state index is 12.0. The summed E-state index contributed by atoms with van der Waals surface area (Å²) in [6.45, 7) is 4.15. The van der Waals surface area contributed by atoms with Crippen molar-refractivity contribution in [1.29, 1.82) is 0 Å². The summed E-state index contributed by atoms with van der Waals surface area (Å²) in [7, 11) is 0. The maximum Gasteiger partial charge on any atom is 0.322 e. The summed E-state index contributed by atoms with van der Waals surface area (Å²) in [6, 6.07) is 14.8. The number of carbonyl (C=O) groups is 2. The fourth-order valence-electron chi connectivity index (χ4n) is 2.61. The van der Waals surface area contributed by atoms with Gasteiger partial charge in [-0.05, 0) is 37.1 Å². The zero-order valence-corrected chi connectivity index (χ0v) is 13.1. The van der Waals surface area contributed by atoms with Gasteiger partial charge in [0.1, 0.15) is 17.9 Å². The van der Waals surface area contributed by atoms with Crippen LogP contribution in [0.15, 0.2) is 48.5 Å². The van der Waals surface area contributed by atoms with E-state index in [-0.39, 0.29) is 5.91 Å². The fourth-order valence-corrected chi connectivity index (χ4v) is 2.61. The van der Waals surface area contributed by atoms with E-state index in [4.69, 9.17) is 4.74 Å². The van der Waals surface area contributed by atoms with E-state index in [0.717, 1.165) is 5.56 Å². The first-order valence-electron chi connectivity index (χ1n) is 7.40. The molecule has 0 saturated carbocycles. The van der Waals surface area contributed by atoms with Gasteiger partial charge in [-0.15, -0.1) is 0 Å². The number of benzene rings is 2. The van der Waals surface area contributed by atoms with Gasteiger partial charge in [-0.1, -0.05) is 42.0 Å². The molecule has 0 spiro atoms. The van der Waals surface area contributed by atoms with E-state index in [1.165, 1.54) is 5.56 Å². The number of carbonyl (C=O) groups excluding carboxylic acids is 2. The number of nitrogens with one attached hydrogen (secondary N) is 2. The second kappa shape index (κ2) is 5.76. The molecule has 0 aromatic heterocycles. The lowest BCUT2D eigenvalue weighted by Crippen LogP contribution is -2.40. The Labute approximate surface area is 134 Å². The second-order valence-electron chi connectivity index (χ2n) is 5.84. The third-order valence-corrected chi connectivity index (χ3v) is 3.94. The quantitative estimate of drug-likeness (QED) is 0.853. The van der Waals surface area contributed by atoms with Crippen LogP contribution in [0.5, 0.6) is 5.75 Å². The Morgan fingerprint density at radius 3 is 2.57 bits per heavy atom. The van der Waals surface area contributed by atoms with Crippen LogP contribution in [0.3, 0.4) is 0 Å². The molecule has 3 amide bonds. The van der Waals surface area contributed by atoms with Gasteiger partial charge in [-0.2, -0.15) is 0 Å². The smallest absolute Gasteiger partial charge is 0.322 e. The van der Waals surface area contributed by atoms with E-state index in [1.807, 2.05) is 37.3 Å². The monoisotopic (exact) mass is 310 g/mol. The van der Waals surface area contributed by atoms with Crippen molar-refractivity contribution in [2.75, 3.05) is 0 Å². The lowest BCUT2D eigenvalue weighted by Gasteiger charge is -2.21. The van der Waals surface area contributed by atoms with Gasteiger partial charge in [0.2, 0.25) is 0 Å². The molecule has 118 valence electrons. The fraction of sp³-hybridized carbons (Fsp3) is 0.222. The van der Waals surface area contributed by atoms with Crippen molar-refractivity contribution in [2.45, 2.75) is 26.0 Å². The van der Waals surface area contributed by atoms with Crippen molar-refractivity contribution in [2.24, 2.45) is 0 Å². The van der Waals surface area contributed by atoms with Crippen LogP contribution in [0, 0.1) is 6.92 Å². The summed E-state index contributed by atoms with van der Waals surface area (Å²) in [4.78, 5) is 23.4. The number of hydrogen-bond donors (Lipinski definition) is 2. The molecule has 23 heavy (non-hydrogen) atoms. The molecule has 1 aliphatic heterocycles. The predicted molar refractivity (Wildman–Crippen MR) is 86.0 cm³/mol. The molecule has 1 saturated heterocycles. The van der Waals surface area contributed by atoms with E-state index in [0.29, 0.717) is 17.9 Å². The Kier molecular flexibility index (Phi) is 3.78. The highest BCUT2D eigenvalue weighted by atomic mass is 16.5. The second-order valence-corrected chi connectivity index (χ2v) is 5.84. The third kappa shape index (κ3) is 3.04. The van der Waals surface area contributed by atoms with E-state index >= 15 is 0 Å². The molecular formula is C18H18N2O3. The van der Waals surface area contributed by atoms with E-state index < -0.39 is 11.6 Å². The molecule has 2 aromatic carbocycles. The minimum Gasteiger partial charge on any atom is -0.489 e. The van der Waals surface area contributed by atoms with Crippen molar-refractivity contribution < 1.29 is 14.3 Å². The number of hydrogen-bond acceptors (Lipinski definition) is 3. The van der Waals surface area contributed by atoms with Crippen molar-refractivity contribution in [3.63, 3.8) is 0 Å². The van der Waals surface area contributed by atoms with Crippen molar-refractivity contribution in [3.8, 4) is 5.75 Å². The molecular weight excluding hydrogens is 292 g/mol. The lowest BCUT2D eigenvalue weighted by atomic mass is 9.92. The van der Waals surface area contributed by atoms with Crippen LogP contribution >= 0.6 is 0 Å². The highest BCUT2D eigenvalue weighted by molar-refractivity contribution is 6.07. The largest absolute Gasteiger partial charge is 0.489 e. The molecule has 0 bridgehead atoms. The SMILES string of the molecule is Cc1cccc(COc2cccc(C3(C)NC(=O)NC3=O)c2)c1. The third-order valence-electron chi connectivity index (χ3n) is 3.94. The van der Waals surface area contributed by atoms with Crippen LogP contribution in [0.1, 0.15) is 23.6 Å². The minimum absolute atomic E-state index is 0.363. The first kappa shape index (κ1) is 15.1. The Bertz CT molecular complexity index is 772. The molecule has 2 aromatic rings. The molecule has 1 unspecified atom stereocenters. The highest BCUT2D eigenvalue weighted by Crippen LogP contribution is 2.27. The molecule has 1 fully saturated rings. The molecule has 1 atom stereocenters. The van der Waals surface area contributed by atoms with Crippen LogP contribution in [-0.2, 0) is 16.9 Å². The molecule has 1 heterocycles. The molecule has 0 radical (unpaired) electrons. The van der Waals surface area contributed by atoms with Crippen LogP contribution < -0.4 is 15.4 Å². The minimum atomic E-state index is -1.07. The van der Waals surface area contributed by atoms with Gasteiger partial charge in [0.15, 0.2) is 0 Å². The average molecular weight is 310 g/mol. The Morgan fingerprint density at radius 1 is 1.09 bits per heavy atom. The van der Waals surface area contributed by atoms with E-state index in [1.54, 1.807) is 19.1 Å². The van der Waals surface area contributed by atoms with Gasteiger partial charge in [-0.3, -0.25) is 10.1 Å². The van der Waals surface area contributed by atoms with Crippen LogP contribution in [0.2, 0.25) is 0 Å². The van der Waals surface area contributed by atoms with Gasteiger partial charge in [0.05, 0.1) is 0 Å². The van der Waals surface area contributed by atoms with Gasteiger partial charge >= 0.3 is 6.03 Å². The van der Waals surface area contributed by atoms with Gasteiger partial charge in [-0.25, -0.2) is 4.79 Å². The van der Waals surface area contributed by atoms with Crippen molar-refractivity contribution in [1.82, 2.24) is 10.6 Å². The molecule has 5 heteroatoms. The molecule has 3 rings (SSSR count).